The van der Waals surface area contributed by atoms with Crippen molar-refractivity contribution in [3.8, 4) is 5.75 Å². The van der Waals surface area contributed by atoms with Gasteiger partial charge in [-0.15, -0.1) is 0 Å². The van der Waals surface area contributed by atoms with Gasteiger partial charge in [0.1, 0.15) is 11.3 Å². The summed E-state index contributed by atoms with van der Waals surface area (Å²) in [5, 5.41) is 1.15. The SMILES string of the molecule is CCCc1c(O[Si](C)(C)C(C)(C)C)ccc2c(CC)cc(=O)oc12. The summed E-state index contributed by atoms with van der Waals surface area (Å²) in [4.78, 5) is 12.0. The van der Waals surface area contributed by atoms with Crippen molar-refractivity contribution < 1.29 is 8.84 Å². The summed E-state index contributed by atoms with van der Waals surface area (Å²) in [6.45, 7) is 15.4. The van der Waals surface area contributed by atoms with Crippen LogP contribution < -0.4 is 10.1 Å². The van der Waals surface area contributed by atoms with Crippen molar-refractivity contribution in [2.75, 3.05) is 0 Å². The first-order valence-corrected chi connectivity index (χ1v) is 11.8. The fourth-order valence-electron chi connectivity index (χ4n) is 2.63. The van der Waals surface area contributed by atoms with E-state index in [1.54, 1.807) is 6.07 Å². The molecule has 0 aliphatic carbocycles. The van der Waals surface area contributed by atoms with Gasteiger partial charge in [0.2, 0.25) is 8.32 Å². The van der Waals surface area contributed by atoms with Gasteiger partial charge < -0.3 is 8.84 Å². The molecule has 0 saturated heterocycles. The third kappa shape index (κ3) is 3.58. The molecule has 0 N–H and O–H groups in total. The molecule has 3 nitrogen and oxygen atoms in total. The Morgan fingerprint density at radius 3 is 2.38 bits per heavy atom. The Hall–Kier alpha value is -1.55. The van der Waals surface area contributed by atoms with E-state index in [-0.39, 0.29) is 10.7 Å². The van der Waals surface area contributed by atoms with E-state index < -0.39 is 8.32 Å². The highest BCUT2D eigenvalue weighted by molar-refractivity contribution is 6.74. The molecule has 0 spiro atoms. The predicted molar refractivity (Wildman–Crippen MR) is 104 cm³/mol. The Labute approximate surface area is 146 Å². The van der Waals surface area contributed by atoms with Gasteiger partial charge >= 0.3 is 5.63 Å². The first-order valence-electron chi connectivity index (χ1n) is 8.88. The molecule has 2 aromatic rings. The normalized spacial score (nSPS) is 12.6. The first-order chi connectivity index (χ1) is 11.1. The molecule has 1 aromatic heterocycles. The molecule has 0 bridgehead atoms. The Balaban J connectivity index is 2.67. The second-order valence-electron chi connectivity index (χ2n) is 7.98. The Morgan fingerprint density at radius 2 is 1.83 bits per heavy atom. The van der Waals surface area contributed by atoms with E-state index in [4.69, 9.17) is 8.84 Å². The van der Waals surface area contributed by atoms with Crippen molar-refractivity contribution in [3.63, 3.8) is 0 Å². The summed E-state index contributed by atoms with van der Waals surface area (Å²) in [6.07, 6.45) is 2.64. The molecule has 1 heterocycles. The van der Waals surface area contributed by atoms with Gasteiger partial charge in [-0.25, -0.2) is 4.79 Å². The van der Waals surface area contributed by atoms with Crippen LogP contribution in [0.1, 0.15) is 52.2 Å². The third-order valence-corrected chi connectivity index (χ3v) is 9.45. The fourth-order valence-corrected chi connectivity index (χ4v) is 3.68. The van der Waals surface area contributed by atoms with E-state index in [1.165, 1.54) is 0 Å². The van der Waals surface area contributed by atoms with Crippen molar-refractivity contribution in [2.24, 2.45) is 0 Å². The molecule has 0 saturated carbocycles. The van der Waals surface area contributed by atoms with Gasteiger partial charge in [0, 0.05) is 17.0 Å². The van der Waals surface area contributed by atoms with Crippen LogP contribution in [-0.4, -0.2) is 8.32 Å². The lowest BCUT2D eigenvalue weighted by Crippen LogP contribution is -2.44. The summed E-state index contributed by atoms with van der Waals surface area (Å²) in [5.74, 6) is 0.882. The summed E-state index contributed by atoms with van der Waals surface area (Å²) in [5.41, 5.74) is 2.50. The Morgan fingerprint density at radius 1 is 1.17 bits per heavy atom. The Kier molecular flexibility index (Phi) is 5.28. The lowest BCUT2D eigenvalue weighted by Gasteiger charge is -2.37. The van der Waals surface area contributed by atoms with Gasteiger partial charge in [-0.3, -0.25) is 0 Å². The number of aryl methyl sites for hydroxylation is 2. The highest BCUT2D eigenvalue weighted by Gasteiger charge is 2.39. The minimum Gasteiger partial charge on any atom is -0.543 e. The van der Waals surface area contributed by atoms with Gasteiger partial charge in [0.25, 0.3) is 0 Å². The Bertz CT molecular complexity index is 782. The summed E-state index contributed by atoms with van der Waals surface area (Å²) in [7, 11) is -1.95. The molecule has 0 atom stereocenters. The second-order valence-corrected chi connectivity index (χ2v) is 12.7. The molecule has 0 unspecified atom stereocenters. The van der Waals surface area contributed by atoms with Crippen LogP contribution in [0.25, 0.3) is 11.0 Å². The van der Waals surface area contributed by atoms with Gasteiger partial charge in [0.15, 0.2) is 0 Å². The standard InChI is InChI=1S/C20H30O3Si/c1-8-10-16-17(23-24(6,7)20(3,4)5)12-11-15-14(9-2)13-18(21)22-19(15)16/h11-13H,8-10H2,1-7H3. The smallest absolute Gasteiger partial charge is 0.336 e. The average molecular weight is 347 g/mol. The van der Waals surface area contributed by atoms with Gasteiger partial charge in [0.05, 0.1) is 0 Å². The van der Waals surface area contributed by atoms with Gasteiger partial charge in [-0.1, -0.05) is 41.0 Å². The largest absolute Gasteiger partial charge is 0.543 e. The molecule has 4 heteroatoms. The van der Waals surface area contributed by atoms with Gasteiger partial charge in [-0.2, -0.15) is 0 Å². The molecule has 1 aromatic carbocycles. The topological polar surface area (TPSA) is 39.4 Å². The van der Waals surface area contributed by atoms with E-state index in [9.17, 15) is 4.79 Å². The molecule has 0 radical (unpaired) electrons. The monoisotopic (exact) mass is 346 g/mol. The molecule has 132 valence electrons. The van der Waals surface area contributed by atoms with Crippen LogP contribution in [0.3, 0.4) is 0 Å². The van der Waals surface area contributed by atoms with Crippen LogP contribution in [0, 0.1) is 0 Å². The molecule has 2 rings (SSSR count). The molecule has 0 fully saturated rings. The molecular formula is C20H30O3Si. The second kappa shape index (κ2) is 6.75. The number of rotatable bonds is 5. The molecule has 0 aliphatic rings. The van der Waals surface area contributed by atoms with Crippen molar-refractivity contribution in [1.29, 1.82) is 0 Å². The van der Waals surface area contributed by atoms with Crippen molar-refractivity contribution in [3.05, 3.63) is 39.7 Å². The quantitative estimate of drug-likeness (QED) is 0.515. The highest BCUT2D eigenvalue weighted by atomic mass is 28.4. The number of hydrogen-bond acceptors (Lipinski definition) is 3. The predicted octanol–water partition coefficient (Wildman–Crippen LogP) is 5.69. The van der Waals surface area contributed by atoms with Crippen LogP contribution in [0.15, 0.2) is 27.4 Å². The van der Waals surface area contributed by atoms with E-state index in [1.807, 2.05) is 6.07 Å². The van der Waals surface area contributed by atoms with Crippen molar-refractivity contribution in [1.82, 2.24) is 0 Å². The number of hydrogen-bond donors (Lipinski definition) is 0. The summed E-state index contributed by atoms with van der Waals surface area (Å²) in [6, 6.07) is 5.71. The van der Waals surface area contributed by atoms with E-state index in [0.717, 1.165) is 41.5 Å². The average Bonchev–Trinajstić information content (AvgIpc) is 2.47. The van der Waals surface area contributed by atoms with Gasteiger partial charge in [-0.05, 0) is 48.7 Å². The minimum atomic E-state index is -1.95. The minimum absolute atomic E-state index is 0.123. The summed E-state index contributed by atoms with van der Waals surface area (Å²) >= 11 is 0. The molecule has 24 heavy (non-hydrogen) atoms. The maximum atomic E-state index is 12.0. The van der Waals surface area contributed by atoms with E-state index >= 15 is 0 Å². The maximum Gasteiger partial charge on any atom is 0.336 e. The van der Waals surface area contributed by atoms with Crippen molar-refractivity contribution >= 4 is 19.3 Å². The van der Waals surface area contributed by atoms with Crippen LogP contribution >= 0.6 is 0 Å². The summed E-state index contributed by atoms with van der Waals surface area (Å²) < 4.78 is 12.2. The zero-order valence-corrected chi connectivity index (χ0v) is 17.1. The third-order valence-electron chi connectivity index (χ3n) is 5.11. The van der Waals surface area contributed by atoms with Crippen LogP contribution in [0.4, 0.5) is 0 Å². The lowest BCUT2D eigenvalue weighted by molar-refractivity contribution is 0.483. The van der Waals surface area contributed by atoms with E-state index in [0.29, 0.717) is 5.58 Å². The molecule has 0 aliphatic heterocycles. The first kappa shape index (κ1) is 18.8. The zero-order valence-electron chi connectivity index (χ0n) is 16.1. The lowest BCUT2D eigenvalue weighted by atomic mass is 10.0. The highest BCUT2D eigenvalue weighted by Crippen LogP contribution is 2.40. The van der Waals surface area contributed by atoms with Crippen LogP contribution in [0.2, 0.25) is 18.1 Å². The van der Waals surface area contributed by atoms with Crippen LogP contribution in [-0.2, 0) is 12.8 Å². The molecule has 0 amide bonds. The van der Waals surface area contributed by atoms with Crippen molar-refractivity contribution in [2.45, 2.75) is 72.0 Å². The zero-order chi connectivity index (χ0) is 18.1. The molecular weight excluding hydrogens is 316 g/mol. The van der Waals surface area contributed by atoms with Crippen LogP contribution in [0.5, 0.6) is 5.75 Å². The number of benzene rings is 1. The van der Waals surface area contributed by atoms with E-state index in [2.05, 4.69) is 53.8 Å². The maximum absolute atomic E-state index is 12.0. The fraction of sp³-hybridized carbons (Fsp3) is 0.550. The number of fused-ring (bicyclic) bond motifs is 1.